The fourth-order valence-electron chi connectivity index (χ4n) is 3.01. The van der Waals surface area contributed by atoms with Gasteiger partial charge in [0.2, 0.25) is 0 Å². The fourth-order valence-corrected chi connectivity index (χ4v) is 3.01. The van der Waals surface area contributed by atoms with Crippen LogP contribution in [0.1, 0.15) is 36.8 Å². The van der Waals surface area contributed by atoms with E-state index in [1.165, 1.54) is 0 Å². The lowest BCUT2D eigenvalue weighted by atomic mass is 10.1. The predicted octanol–water partition coefficient (Wildman–Crippen LogP) is 4.64. The zero-order valence-electron chi connectivity index (χ0n) is 18.4. The quantitative estimate of drug-likeness (QED) is 0.620. The van der Waals surface area contributed by atoms with Crippen LogP contribution in [0, 0.1) is 12.8 Å². The Kier molecular flexibility index (Phi) is 6.45. The maximum atomic E-state index is 13.1. The van der Waals surface area contributed by atoms with Crippen molar-refractivity contribution in [2.24, 2.45) is 5.92 Å². The molecule has 0 saturated carbocycles. The molecule has 0 bridgehead atoms. The molecule has 0 aliphatic rings. The molecule has 3 aromatic rings. The summed E-state index contributed by atoms with van der Waals surface area (Å²) in [5, 5.41) is 7.83. The van der Waals surface area contributed by atoms with Crippen molar-refractivity contribution in [1.82, 2.24) is 15.1 Å². The first kappa shape index (κ1) is 21.4. The van der Waals surface area contributed by atoms with Crippen molar-refractivity contribution in [2.75, 3.05) is 14.2 Å². The van der Waals surface area contributed by atoms with Gasteiger partial charge in [-0.2, -0.15) is 5.10 Å². The highest BCUT2D eigenvalue weighted by Crippen LogP contribution is 2.33. The number of methoxy groups -OCH3 is 2. The van der Waals surface area contributed by atoms with Crippen LogP contribution in [0.5, 0.6) is 11.5 Å². The Morgan fingerprint density at radius 1 is 1.00 bits per heavy atom. The van der Waals surface area contributed by atoms with Gasteiger partial charge in [-0.1, -0.05) is 31.5 Å². The predicted molar refractivity (Wildman–Crippen MR) is 119 cm³/mol. The Morgan fingerprint density at radius 2 is 1.70 bits per heavy atom. The molecule has 1 atom stereocenters. The fraction of sp³-hybridized carbons (Fsp3) is 0.333. The molecular weight excluding hydrogens is 378 g/mol. The van der Waals surface area contributed by atoms with Gasteiger partial charge in [-0.3, -0.25) is 4.79 Å². The summed E-state index contributed by atoms with van der Waals surface area (Å²) in [6, 6.07) is 15.3. The number of benzene rings is 2. The molecule has 6 nitrogen and oxygen atoms in total. The first-order chi connectivity index (χ1) is 14.3. The minimum absolute atomic E-state index is 0.0397. The second-order valence-electron chi connectivity index (χ2n) is 7.73. The van der Waals surface area contributed by atoms with Crippen LogP contribution in [-0.4, -0.2) is 35.9 Å². The first-order valence-electron chi connectivity index (χ1n) is 10.0. The molecule has 0 radical (unpaired) electrons. The van der Waals surface area contributed by atoms with Crippen molar-refractivity contribution in [1.29, 1.82) is 0 Å². The zero-order chi connectivity index (χ0) is 21.8. The van der Waals surface area contributed by atoms with Gasteiger partial charge in [0.1, 0.15) is 17.2 Å². The Labute approximate surface area is 177 Å². The third-order valence-corrected chi connectivity index (χ3v) is 5.26. The Balaban J connectivity index is 2.10. The first-order valence-corrected chi connectivity index (χ1v) is 10.0. The van der Waals surface area contributed by atoms with E-state index in [1.807, 2.05) is 50.2 Å². The van der Waals surface area contributed by atoms with Crippen LogP contribution in [0.4, 0.5) is 0 Å². The minimum Gasteiger partial charge on any atom is -0.497 e. The molecule has 0 saturated heterocycles. The lowest BCUT2D eigenvalue weighted by Gasteiger charge is -2.17. The van der Waals surface area contributed by atoms with Crippen molar-refractivity contribution in [3.63, 3.8) is 0 Å². The topological polar surface area (TPSA) is 65.4 Å². The number of rotatable bonds is 7. The number of aryl methyl sites for hydroxylation is 1. The molecule has 1 N–H and O–H groups in total. The van der Waals surface area contributed by atoms with Crippen LogP contribution in [0.2, 0.25) is 0 Å². The number of amides is 1. The average Bonchev–Trinajstić information content (AvgIpc) is 3.19. The summed E-state index contributed by atoms with van der Waals surface area (Å²) in [5.41, 5.74) is 3.87. The highest BCUT2D eigenvalue weighted by molar-refractivity contribution is 5.94. The standard InChI is InChI=1S/C24H29N3O3/c1-15(2)17(4)25-24(28)22-14-21(20-12-11-19(29-5)13-23(20)30-6)26-27(22)18-9-7-16(3)8-10-18/h7-15,17H,1-6H3,(H,25,28)/t17-/m0/s1. The van der Waals surface area contributed by atoms with E-state index in [1.54, 1.807) is 31.0 Å². The second kappa shape index (κ2) is 9.03. The molecule has 0 aliphatic carbocycles. The third kappa shape index (κ3) is 4.48. The van der Waals surface area contributed by atoms with Gasteiger partial charge >= 0.3 is 0 Å². The largest absolute Gasteiger partial charge is 0.497 e. The Morgan fingerprint density at radius 3 is 2.30 bits per heavy atom. The van der Waals surface area contributed by atoms with E-state index < -0.39 is 0 Å². The summed E-state index contributed by atoms with van der Waals surface area (Å²) < 4.78 is 12.5. The molecular formula is C24H29N3O3. The van der Waals surface area contributed by atoms with Crippen LogP contribution in [0.25, 0.3) is 16.9 Å². The smallest absolute Gasteiger partial charge is 0.270 e. The lowest BCUT2D eigenvalue weighted by Crippen LogP contribution is -2.37. The van der Waals surface area contributed by atoms with Gasteiger partial charge < -0.3 is 14.8 Å². The number of nitrogens with one attached hydrogen (secondary N) is 1. The number of hydrogen-bond acceptors (Lipinski definition) is 4. The van der Waals surface area contributed by atoms with Gasteiger partial charge in [0, 0.05) is 17.7 Å². The van der Waals surface area contributed by atoms with Crippen molar-refractivity contribution in [3.8, 4) is 28.4 Å². The van der Waals surface area contributed by atoms with E-state index >= 15 is 0 Å². The highest BCUT2D eigenvalue weighted by Gasteiger charge is 2.21. The number of aromatic nitrogens is 2. The van der Waals surface area contributed by atoms with Gasteiger partial charge in [-0.25, -0.2) is 4.68 Å². The monoisotopic (exact) mass is 407 g/mol. The maximum Gasteiger partial charge on any atom is 0.270 e. The van der Waals surface area contributed by atoms with E-state index in [4.69, 9.17) is 14.6 Å². The molecule has 3 rings (SSSR count). The summed E-state index contributed by atoms with van der Waals surface area (Å²) in [6.45, 7) is 8.19. The molecule has 0 fully saturated rings. The molecule has 1 heterocycles. The summed E-state index contributed by atoms with van der Waals surface area (Å²) >= 11 is 0. The van der Waals surface area contributed by atoms with Crippen LogP contribution in [-0.2, 0) is 0 Å². The van der Waals surface area contributed by atoms with Crippen LogP contribution >= 0.6 is 0 Å². The van der Waals surface area contributed by atoms with Crippen molar-refractivity contribution in [2.45, 2.75) is 33.7 Å². The SMILES string of the molecule is COc1ccc(-c2cc(C(=O)N[C@@H](C)C(C)C)n(-c3ccc(C)cc3)n2)c(OC)c1. The molecule has 1 aromatic heterocycles. The maximum absolute atomic E-state index is 13.1. The Bertz CT molecular complexity index is 1020. The number of carbonyl (C=O) groups is 1. The van der Waals surface area contributed by atoms with Crippen molar-refractivity contribution >= 4 is 5.91 Å². The molecule has 30 heavy (non-hydrogen) atoms. The minimum atomic E-state index is -0.164. The summed E-state index contributed by atoms with van der Waals surface area (Å²) in [6.07, 6.45) is 0. The van der Waals surface area contributed by atoms with E-state index in [9.17, 15) is 4.79 Å². The van der Waals surface area contributed by atoms with Gasteiger partial charge in [0.05, 0.1) is 25.6 Å². The van der Waals surface area contributed by atoms with Gasteiger partial charge in [-0.15, -0.1) is 0 Å². The normalized spacial score (nSPS) is 12.0. The van der Waals surface area contributed by atoms with Gasteiger partial charge in [0.25, 0.3) is 5.91 Å². The summed E-state index contributed by atoms with van der Waals surface area (Å²) in [7, 11) is 3.21. The number of nitrogens with zero attached hydrogens (tertiary/aromatic N) is 2. The average molecular weight is 408 g/mol. The van der Waals surface area contributed by atoms with Crippen molar-refractivity contribution < 1.29 is 14.3 Å². The van der Waals surface area contributed by atoms with Gasteiger partial charge in [0.15, 0.2) is 0 Å². The Hall–Kier alpha value is -3.28. The molecule has 158 valence electrons. The van der Waals surface area contributed by atoms with Gasteiger partial charge in [-0.05, 0) is 50.1 Å². The van der Waals surface area contributed by atoms with E-state index in [0.717, 1.165) is 16.8 Å². The van der Waals surface area contributed by atoms with E-state index in [0.29, 0.717) is 28.8 Å². The summed E-state index contributed by atoms with van der Waals surface area (Å²) in [5.74, 6) is 1.48. The van der Waals surface area contributed by atoms with Crippen LogP contribution in [0.3, 0.4) is 0 Å². The highest BCUT2D eigenvalue weighted by atomic mass is 16.5. The second-order valence-corrected chi connectivity index (χ2v) is 7.73. The van der Waals surface area contributed by atoms with E-state index in [2.05, 4.69) is 19.2 Å². The van der Waals surface area contributed by atoms with E-state index in [-0.39, 0.29) is 11.9 Å². The molecule has 6 heteroatoms. The summed E-state index contributed by atoms with van der Waals surface area (Å²) in [4.78, 5) is 13.1. The van der Waals surface area contributed by atoms with Crippen LogP contribution in [0.15, 0.2) is 48.5 Å². The lowest BCUT2D eigenvalue weighted by molar-refractivity contribution is 0.0922. The van der Waals surface area contributed by atoms with Crippen LogP contribution < -0.4 is 14.8 Å². The third-order valence-electron chi connectivity index (χ3n) is 5.26. The molecule has 2 aromatic carbocycles. The molecule has 0 aliphatic heterocycles. The molecule has 1 amide bonds. The number of hydrogen-bond donors (Lipinski definition) is 1. The molecule has 0 spiro atoms. The van der Waals surface area contributed by atoms with Crippen molar-refractivity contribution in [3.05, 3.63) is 59.8 Å². The number of ether oxygens (including phenoxy) is 2. The number of carbonyl (C=O) groups excluding carboxylic acids is 1. The molecule has 0 unspecified atom stereocenters. The zero-order valence-corrected chi connectivity index (χ0v) is 18.4.